The molecule has 0 bridgehead atoms. The van der Waals surface area contributed by atoms with Gasteiger partial charge in [-0.2, -0.15) is 0 Å². The smallest absolute Gasteiger partial charge is 0.0546 e. The van der Waals surface area contributed by atoms with Crippen molar-refractivity contribution in [3.63, 3.8) is 0 Å². The van der Waals surface area contributed by atoms with Gasteiger partial charge >= 0.3 is 0 Å². The van der Waals surface area contributed by atoms with Crippen molar-refractivity contribution in [3.8, 4) is 44.5 Å². The molecule has 67 heavy (non-hydrogen) atoms. The van der Waals surface area contributed by atoms with Gasteiger partial charge in [0, 0.05) is 39.4 Å². The predicted molar refractivity (Wildman–Crippen MR) is 285 cm³/mol. The Morgan fingerprint density at radius 3 is 1.40 bits per heavy atom. The fourth-order valence-electron chi connectivity index (χ4n) is 10.7. The van der Waals surface area contributed by atoms with Gasteiger partial charge in [0.25, 0.3) is 0 Å². The standard InChI is InChI=1S/C65H48N2/c1-65(2)60-34-20-19-33-58(60)59-39-37-52(44-61(59)65)67(62-40-36-46-22-16-18-32-56(46)64(62)48-25-9-4-10-26-48)54-42-49(41-53(43-54)66(50-27-11-5-12-28-50)51-29-13-6-14-30-51)57-38-35-45-21-15-17-31-55(45)63(57)47-23-7-3-8-24-47/h3-44H,1-2H3. The minimum absolute atomic E-state index is 0.195. The van der Waals surface area contributed by atoms with Crippen LogP contribution in [0.3, 0.4) is 0 Å². The molecular formula is C65H48N2. The summed E-state index contributed by atoms with van der Waals surface area (Å²) < 4.78 is 0. The van der Waals surface area contributed by atoms with Gasteiger partial charge in [-0.15, -0.1) is 0 Å². The van der Waals surface area contributed by atoms with E-state index in [0.29, 0.717) is 0 Å². The molecule has 2 heteroatoms. The van der Waals surface area contributed by atoms with Crippen LogP contribution in [0.15, 0.2) is 255 Å². The predicted octanol–water partition coefficient (Wildman–Crippen LogP) is 18.2. The van der Waals surface area contributed by atoms with E-state index < -0.39 is 0 Å². The zero-order chi connectivity index (χ0) is 44.9. The second kappa shape index (κ2) is 16.5. The Morgan fingerprint density at radius 2 is 0.761 bits per heavy atom. The molecule has 1 aliphatic carbocycles. The maximum atomic E-state index is 2.53. The maximum Gasteiger partial charge on any atom is 0.0546 e. The van der Waals surface area contributed by atoms with Gasteiger partial charge in [0.15, 0.2) is 0 Å². The number of fused-ring (bicyclic) bond motifs is 5. The number of nitrogens with zero attached hydrogens (tertiary/aromatic N) is 2. The van der Waals surface area contributed by atoms with E-state index in [-0.39, 0.29) is 5.41 Å². The van der Waals surface area contributed by atoms with Crippen LogP contribution in [-0.4, -0.2) is 0 Å². The second-order valence-corrected chi connectivity index (χ2v) is 18.1. The van der Waals surface area contributed by atoms with Gasteiger partial charge in [-0.25, -0.2) is 0 Å². The van der Waals surface area contributed by atoms with Crippen molar-refractivity contribution in [2.75, 3.05) is 9.80 Å². The Bertz CT molecular complexity index is 3560. The van der Waals surface area contributed by atoms with Crippen molar-refractivity contribution in [1.82, 2.24) is 0 Å². The van der Waals surface area contributed by atoms with Crippen molar-refractivity contribution in [3.05, 3.63) is 266 Å². The summed E-state index contributed by atoms with van der Waals surface area (Å²) in [6, 6.07) is 93.5. The van der Waals surface area contributed by atoms with Gasteiger partial charge in [0.2, 0.25) is 0 Å². The van der Waals surface area contributed by atoms with Gasteiger partial charge in [0.05, 0.1) is 5.69 Å². The molecule has 0 fully saturated rings. The monoisotopic (exact) mass is 856 g/mol. The number of benzene rings is 11. The Labute approximate surface area is 393 Å². The van der Waals surface area contributed by atoms with E-state index in [1.807, 2.05) is 0 Å². The highest BCUT2D eigenvalue weighted by Gasteiger charge is 2.36. The molecular weight excluding hydrogens is 809 g/mol. The van der Waals surface area contributed by atoms with E-state index in [4.69, 9.17) is 0 Å². The molecule has 1 aliphatic rings. The molecule has 0 atom stereocenters. The zero-order valence-electron chi connectivity index (χ0n) is 37.6. The van der Waals surface area contributed by atoms with Crippen LogP contribution >= 0.6 is 0 Å². The van der Waals surface area contributed by atoms with Crippen molar-refractivity contribution < 1.29 is 0 Å². The topological polar surface area (TPSA) is 6.48 Å². The number of hydrogen-bond acceptors (Lipinski definition) is 2. The van der Waals surface area contributed by atoms with E-state index in [1.54, 1.807) is 0 Å². The number of para-hydroxylation sites is 2. The van der Waals surface area contributed by atoms with Crippen LogP contribution in [0.2, 0.25) is 0 Å². The molecule has 0 radical (unpaired) electrons. The molecule has 0 heterocycles. The molecule has 0 N–H and O–H groups in total. The summed E-state index contributed by atoms with van der Waals surface area (Å²) in [7, 11) is 0. The average molecular weight is 857 g/mol. The third-order valence-corrected chi connectivity index (χ3v) is 13.8. The Kier molecular flexibility index (Phi) is 9.88. The lowest BCUT2D eigenvalue weighted by atomic mass is 9.82. The minimum atomic E-state index is -0.195. The summed E-state index contributed by atoms with van der Waals surface area (Å²) in [6.07, 6.45) is 0. The number of anilines is 6. The molecule has 2 nitrogen and oxygen atoms in total. The zero-order valence-corrected chi connectivity index (χ0v) is 37.6. The lowest BCUT2D eigenvalue weighted by molar-refractivity contribution is 0.660. The molecule has 12 rings (SSSR count). The van der Waals surface area contributed by atoms with Gasteiger partial charge in [-0.05, 0) is 132 Å². The Morgan fingerprint density at radius 1 is 0.284 bits per heavy atom. The van der Waals surface area contributed by atoms with E-state index in [2.05, 4.69) is 278 Å². The largest absolute Gasteiger partial charge is 0.310 e. The third-order valence-electron chi connectivity index (χ3n) is 13.8. The van der Waals surface area contributed by atoms with Gasteiger partial charge in [-0.1, -0.05) is 208 Å². The first kappa shape index (κ1) is 40.1. The lowest BCUT2D eigenvalue weighted by Crippen LogP contribution is -2.17. The summed E-state index contributed by atoms with van der Waals surface area (Å²) in [5.41, 5.74) is 18.6. The highest BCUT2D eigenvalue weighted by molar-refractivity contribution is 6.08. The first-order valence-corrected chi connectivity index (χ1v) is 23.3. The van der Waals surface area contributed by atoms with Crippen LogP contribution < -0.4 is 9.80 Å². The van der Waals surface area contributed by atoms with Crippen LogP contribution in [-0.2, 0) is 5.41 Å². The summed E-state index contributed by atoms with van der Waals surface area (Å²) >= 11 is 0. The van der Waals surface area contributed by atoms with Gasteiger partial charge < -0.3 is 9.80 Å². The molecule has 0 aromatic heterocycles. The van der Waals surface area contributed by atoms with Crippen LogP contribution in [0.4, 0.5) is 34.1 Å². The molecule has 11 aromatic carbocycles. The maximum absolute atomic E-state index is 2.53. The summed E-state index contributed by atoms with van der Waals surface area (Å²) in [5.74, 6) is 0. The van der Waals surface area contributed by atoms with Crippen molar-refractivity contribution >= 4 is 55.7 Å². The fraction of sp³-hybridized carbons (Fsp3) is 0.0462. The molecule has 11 aromatic rings. The molecule has 0 aliphatic heterocycles. The first-order chi connectivity index (χ1) is 33.0. The lowest BCUT2D eigenvalue weighted by Gasteiger charge is -2.33. The molecule has 0 spiro atoms. The highest BCUT2D eigenvalue weighted by Crippen LogP contribution is 2.53. The summed E-state index contributed by atoms with van der Waals surface area (Å²) in [5, 5.41) is 4.84. The van der Waals surface area contributed by atoms with Gasteiger partial charge in [-0.3, -0.25) is 0 Å². The van der Waals surface area contributed by atoms with Crippen LogP contribution in [0.5, 0.6) is 0 Å². The third kappa shape index (κ3) is 6.97. The van der Waals surface area contributed by atoms with Crippen LogP contribution in [0, 0.1) is 0 Å². The average Bonchev–Trinajstić information content (AvgIpc) is 3.62. The van der Waals surface area contributed by atoms with E-state index >= 15 is 0 Å². The molecule has 0 amide bonds. The first-order valence-electron chi connectivity index (χ1n) is 23.3. The van der Waals surface area contributed by atoms with E-state index in [9.17, 15) is 0 Å². The quantitative estimate of drug-likeness (QED) is 0.143. The normalized spacial score (nSPS) is 12.4. The fourth-order valence-corrected chi connectivity index (χ4v) is 10.7. The SMILES string of the molecule is CC1(C)c2ccccc2-c2ccc(N(c3cc(-c4ccc5ccccc5c4-c4ccccc4)cc(N(c4ccccc4)c4ccccc4)c3)c3ccc4ccccc4c3-c3ccccc3)cc21. The molecule has 0 saturated heterocycles. The second-order valence-electron chi connectivity index (χ2n) is 18.1. The molecule has 0 unspecified atom stereocenters. The summed E-state index contributed by atoms with van der Waals surface area (Å²) in [6.45, 7) is 4.75. The molecule has 318 valence electrons. The number of hydrogen-bond donors (Lipinski definition) is 0. The highest BCUT2D eigenvalue weighted by atomic mass is 15.2. The Balaban J connectivity index is 1.20. The molecule has 0 saturated carbocycles. The van der Waals surface area contributed by atoms with Crippen LogP contribution in [0.1, 0.15) is 25.0 Å². The van der Waals surface area contributed by atoms with E-state index in [1.165, 1.54) is 71.6 Å². The van der Waals surface area contributed by atoms with Crippen molar-refractivity contribution in [1.29, 1.82) is 0 Å². The number of rotatable bonds is 9. The van der Waals surface area contributed by atoms with Crippen molar-refractivity contribution in [2.24, 2.45) is 0 Å². The van der Waals surface area contributed by atoms with Gasteiger partial charge in [0.1, 0.15) is 0 Å². The minimum Gasteiger partial charge on any atom is -0.310 e. The summed E-state index contributed by atoms with van der Waals surface area (Å²) in [4.78, 5) is 4.92. The van der Waals surface area contributed by atoms with E-state index in [0.717, 1.165) is 39.7 Å². The van der Waals surface area contributed by atoms with Crippen molar-refractivity contribution in [2.45, 2.75) is 19.3 Å². The van der Waals surface area contributed by atoms with Crippen LogP contribution in [0.25, 0.3) is 66.1 Å². The Hall–Kier alpha value is -8.46.